The molecular weight excluding hydrogens is 250 g/mol. The number of primary amides is 1. The van der Waals surface area contributed by atoms with Crippen LogP contribution in [0, 0.1) is 0 Å². The number of nitrogens with one attached hydrogen (secondary N) is 3. The lowest BCUT2D eigenvalue weighted by Gasteiger charge is -2.18. The molecule has 0 aromatic carbocycles. The molecule has 2 heterocycles. The van der Waals surface area contributed by atoms with E-state index in [2.05, 4.69) is 20.9 Å². The minimum absolute atomic E-state index is 0.155. The molecule has 0 aromatic heterocycles. The lowest BCUT2D eigenvalue weighted by molar-refractivity contribution is -0.129. The van der Waals surface area contributed by atoms with Crippen LogP contribution in [-0.2, 0) is 14.4 Å². The van der Waals surface area contributed by atoms with Crippen LogP contribution >= 0.6 is 0 Å². The van der Waals surface area contributed by atoms with E-state index < -0.39 is 18.0 Å². The van der Waals surface area contributed by atoms with E-state index >= 15 is 0 Å². The smallest absolute Gasteiger partial charge is 0.243 e. The van der Waals surface area contributed by atoms with Crippen LogP contribution in [0.5, 0.6) is 0 Å². The second kappa shape index (κ2) is 5.68. The Balaban J connectivity index is 1.90. The van der Waals surface area contributed by atoms with Gasteiger partial charge in [0.25, 0.3) is 0 Å². The molecule has 1 fully saturated rings. The SMILES string of the molecule is NC(=O)[C@H](CC1=NCCN1)NC(=O)[C@@H]1CCC(=O)N1. The molecule has 2 aliphatic heterocycles. The van der Waals surface area contributed by atoms with Crippen molar-refractivity contribution in [1.82, 2.24) is 16.0 Å². The first-order valence-electron chi connectivity index (χ1n) is 6.22. The Labute approximate surface area is 110 Å². The molecule has 8 heteroatoms. The summed E-state index contributed by atoms with van der Waals surface area (Å²) >= 11 is 0. The van der Waals surface area contributed by atoms with Crippen molar-refractivity contribution < 1.29 is 14.4 Å². The maximum Gasteiger partial charge on any atom is 0.243 e. The number of rotatable bonds is 5. The van der Waals surface area contributed by atoms with Crippen LogP contribution in [0.4, 0.5) is 0 Å². The minimum Gasteiger partial charge on any atom is -0.372 e. The Morgan fingerprint density at radius 3 is 2.84 bits per heavy atom. The molecule has 0 bridgehead atoms. The molecule has 0 aliphatic carbocycles. The largest absolute Gasteiger partial charge is 0.372 e. The number of amides is 3. The summed E-state index contributed by atoms with van der Waals surface area (Å²) in [5.74, 6) is -0.487. The van der Waals surface area contributed by atoms with Gasteiger partial charge in [-0.05, 0) is 6.42 Å². The molecule has 104 valence electrons. The van der Waals surface area contributed by atoms with Crippen molar-refractivity contribution >= 4 is 23.6 Å². The zero-order chi connectivity index (χ0) is 13.8. The Hall–Kier alpha value is -2.12. The summed E-state index contributed by atoms with van der Waals surface area (Å²) in [6.45, 7) is 1.39. The molecule has 0 spiro atoms. The molecule has 0 unspecified atom stereocenters. The van der Waals surface area contributed by atoms with Gasteiger partial charge in [-0.1, -0.05) is 0 Å². The highest BCUT2D eigenvalue weighted by Crippen LogP contribution is 2.07. The van der Waals surface area contributed by atoms with E-state index in [0.717, 1.165) is 6.54 Å². The summed E-state index contributed by atoms with van der Waals surface area (Å²) < 4.78 is 0. The minimum atomic E-state index is -0.811. The fourth-order valence-corrected chi connectivity index (χ4v) is 2.08. The molecule has 0 saturated carbocycles. The van der Waals surface area contributed by atoms with Crippen LogP contribution in [0.2, 0.25) is 0 Å². The number of nitrogens with two attached hydrogens (primary N) is 1. The van der Waals surface area contributed by atoms with Crippen molar-refractivity contribution in [1.29, 1.82) is 0 Å². The molecule has 2 rings (SSSR count). The van der Waals surface area contributed by atoms with Crippen molar-refractivity contribution in [2.24, 2.45) is 10.7 Å². The number of hydrogen-bond donors (Lipinski definition) is 4. The van der Waals surface area contributed by atoms with E-state index in [-0.39, 0.29) is 18.2 Å². The predicted octanol–water partition coefficient (Wildman–Crippen LogP) is -2.37. The zero-order valence-corrected chi connectivity index (χ0v) is 10.4. The number of amidine groups is 1. The van der Waals surface area contributed by atoms with Crippen molar-refractivity contribution in [2.45, 2.75) is 31.3 Å². The van der Waals surface area contributed by atoms with E-state index in [9.17, 15) is 14.4 Å². The number of carbonyl (C=O) groups excluding carboxylic acids is 3. The third kappa shape index (κ3) is 3.43. The topological polar surface area (TPSA) is 126 Å². The lowest BCUT2D eigenvalue weighted by atomic mass is 10.1. The average Bonchev–Trinajstić information content (AvgIpc) is 2.99. The van der Waals surface area contributed by atoms with Crippen molar-refractivity contribution in [3.05, 3.63) is 0 Å². The van der Waals surface area contributed by atoms with E-state index in [4.69, 9.17) is 5.73 Å². The second-order valence-electron chi connectivity index (χ2n) is 4.58. The first-order valence-corrected chi connectivity index (χ1v) is 6.22. The molecule has 5 N–H and O–H groups in total. The van der Waals surface area contributed by atoms with Gasteiger partial charge in [-0.25, -0.2) is 0 Å². The third-order valence-electron chi connectivity index (χ3n) is 3.11. The fourth-order valence-electron chi connectivity index (χ4n) is 2.08. The van der Waals surface area contributed by atoms with Crippen molar-refractivity contribution in [2.75, 3.05) is 13.1 Å². The van der Waals surface area contributed by atoms with Crippen LogP contribution in [0.15, 0.2) is 4.99 Å². The Morgan fingerprint density at radius 2 is 2.32 bits per heavy atom. The summed E-state index contributed by atoms with van der Waals surface area (Å²) in [7, 11) is 0. The fraction of sp³-hybridized carbons (Fsp3) is 0.636. The molecule has 0 radical (unpaired) electrons. The quantitative estimate of drug-likeness (QED) is 0.444. The monoisotopic (exact) mass is 267 g/mol. The van der Waals surface area contributed by atoms with Crippen LogP contribution in [0.1, 0.15) is 19.3 Å². The Morgan fingerprint density at radius 1 is 1.53 bits per heavy atom. The first-order chi connectivity index (χ1) is 9.06. The maximum atomic E-state index is 11.9. The number of aliphatic imine (C=N–C) groups is 1. The highest BCUT2D eigenvalue weighted by Gasteiger charge is 2.30. The van der Waals surface area contributed by atoms with Gasteiger partial charge in [-0.15, -0.1) is 0 Å². The van der Waals surface area contributed by atoms with Crippen LogP contribution in [0.3, 0.4) is 0 Å². The zero-order valence-electron chi connectivity index (χ0n) is 10.4. The average molecular weight is 267 g/mol. The van der Waals surface area contributed by atoms with Gasteiger partial charge in [0.05, 0.1) is 12.4 Å². The molecule has 2 atom stereocenters. The van der Waals surface area contributed by atoms with Crippen LogP contribution in [0.25, 0.3) is 0 Å². The molecular formula is C11H17N5O3. The summed E-state index contributed by atoms with van der Waals surface area (Å²) in [5.41, 5.74) is 5.27. The normalized spacial score (nSPS) is 23.3. The first kappa shape index (κ1) is 13.3. The summed E-state index contributed by atoms with van der Waals surface area (Å²) in [4.78, 5) is 38.4. The van der Waals surface area contributed by atoms with Gasteiger partial charge in [-0.2, -0.15) is 0 Å². The van der Waals surface area contributed by atoms with Crippen molar-refractivity contribution in [3.63, 3.8) is 0 Å². The van der Waals surface area contributed by atoms with Gasteiger partial charge in [0, 0.05) is 19.4 Å². The van der Waals surface area contributed by atoms with Crippen molar-refractivity contribution in [3.8, 4) is 0 Å². The summed E-state index contributed by atoms with van der Waals surface area (Å²) in [6.07, 6.45) is 1.02. The van der Waals surface area contributed by atoms with Gasteiger partial charge in [-0.3, -0.25) is 19.4 Å². The third-order valence-corrected chi connectivity index (χ3v) is 3.11. The molecule has 0 aromatic rings. The Bertz CT molecular complexity index is 434. The summed E-state index contributed by atoms with van der Waals surface area (Å²) in [5, 5.41) is 8.11. The highest BCUT2D eigenvalue weighted by atomic mass is 16.2. The van der Waals surface area contributed by atoms with Gasteiger partial charge in [0.15, 0.2) is 0 Å². The van der Waals surface area contributed by atoms with Crippen LogP contribution in [-0.4, -0.2) is 48.7 Å². The molecule has 8 nitrogen and oxygen atoms in total. The number of carbonyl (C=O) groups is 3. The van der Waals surface area contributed by atoms with Gasteiger partial charge in [0.2, 0.25) is 17.7 Å². The van der Waals surface area contributed by atoms with E-state index in [1.54, 1.807) is 0 Å². The number of hydrogen-bond acceptors (Lipinski definition) is 5. The van der Waals surface area contributed by atoms with Gasteiger partial charge < -0.3 is 21.7 Å². The second-order valence-corrected chi connectivity index (χ2v) is 4.58. The van der Waals surface area contributed by atoms with E-state index in [1.807, 2.05) is 0 Å². The van der Waals surface area contributed by atoms with Gasteiger partial charge in [0.1, 0.15) is 12.1 Å². The highest BCUT2D eigenvalue weighted by molar-refractivity contribution is 5.96. The van der Waals surface area contributed by atoms with Crippen LogP contribution < -0.4 is 21.7 Å². The predicted molar refractivity (Wildman–Crippen MR) is 67.2 cm³/mol. The number of nitrogens with zero attached hydrogens (tertiary/aromatic N) is 1. The molecule has 2 aliphatic rings. The molecule has 19 heavy (non-hydrogen) atoms. The molecule has 1 saturated heterocycles. The standard InChI is InChI=1S/C11H17N5O3/c12-10(18)7(5-8-13-3-4-14-8)16-11(19)6-1-2-9(17)15-6/h6-7H,1-5H2,(H2,12,18)(H,13,14)(H,15,17)(H,16,19)/t6-,7-/m0/s1. The summed E-state index contributed by atoms with van der Waals surface area (Å²) in [6, 6.07) is -1.39. The van der Waals surface area contributed by atoms with Gasteiger partial charge >= 0.3 is 0 Å². The van der Waals surface area contributed by atoms with E-state index in [0.29, 0.717) is 25.2 Å². The Kier molecular flexibility index (Phi) is 3.98. The maximum absolute atomic E-state index is 11.9. The lowest BCUT2D eigenvalue weighted by Crippen LogP contribution is -2.51. The molecule has 3 amide bonds. The van der Waals surface area contributed by atoms with E-state index in [1.165, 1.54) is 0 Å².